The molecule has 20 heavy (non-hydrogen) atoms. The molecule has 1 aromatic carbocycles. The minimum Gasteiger partial charge on any atom is -0.308 e. The Morgan fingerprint density at radius 1 is 1.05 bits per heavy atom. The van der Waals surface area contributed by atoms with Gasteiger partial charge in [-0.1, -0.05) is 34.8 Å². The van der Waals surface area contributed by atoms with Crippen molar-refractivity contribution in [3.63, 3.8) is 0 Å². The Bertz CT molecular complexity index is 635. The minimum absolute atomic E-state index is 0.506. The summed E-state index contributed by atoms with van der Waals surface area (Å²) < 4.78 is 1.88. The maximum absolute atomic E-state index is 6.17. The highest BCUT2D eigenvalue weighted by molar-refractivity contribution is 6.44. The van der Waals surface area contributed by atoms with Crippen molar-refractivity contribution >= 4 is 34.8 Å². The van der Waals surface area contributed by atoms with Crippen LogP contribution in [0, 0.1) is 13.8 Å². The van der Waals surface area contributed by atoms with Crippen LogP contribution in [0.2, 0.25) is 15.1 Å². The van der Waals surface area contributed by atoms with Gasteiger partial charge in [-0.25, -0.2) is 0 Å². The summed E-state index contributed by atoms with van der Waals surface area (Å²) in [6.07, 6.45) is 0. The molecule has 0 unspecified atom stereocenters. The SMILES string of the molecule is Cc1nn(C)c(C)c1CNCc1c(Cl)ccc(Cl)c1Cl. The van der Waals surface area contributed by atoms with E-state index in [9.17, 15) is 0 Å². The third-order valence-electron chi connectivity index (χ3n) is 3.40. The zero-order valence-electron chi connectivity index (χ0n) is 11.6. The molecule has 2 rings (SSSR count). The molecular formula is C14H16Cl3N3. The number of hydrogen-bond donors (Lipinski definition) is 1. The molecule has 0 fully saturated rings. The molecule has 0 aliphatic heterocycles. The van der Waals surface area contributed by atoms with Crippen LogP contribution >= 0.6 is 34.8 Å². The predicted molar refractivity (Wildman–Crippen MR) is 84.7 cm³/mol. The third kappa shape index (κ3) is 3.12. The first kappa shape index (κ1) is 15.6. The molecule has 1 heterocycles. The predicted octanol–water partition coefficient (Wildman–Crippen LogP) is 4.29. The van der Waals surface area contributed by atoms with Crippen molar-refractivity contribution in [1.29, 1.82) is 0 Å². The highest BCUT2D eigenvalue weighted by atomic mass is 35.5. The van der Waals surface area contributed by atoms with E-state index in [1.54, 1.807) is 12.1 Å². The molecule has 3 nitrogen and oxygen atoms in total. The topological polar surface area (TPSA) is 29.9 Å². The van der Waals surface area contributed by atoms with Gasteiger partial charge in [-0.2, -0.15) is 5.10 Å². The first-order chi connectivity index (χ1) is 9.41. The highest BCUT2D eigenvalue weighted by Gasteiger charge is 2.11. The lowest BCUT2D eigenvalue weighted by molar-refractivity contribution is 0.684. The number of nitrogens with one attached hydrogen (secondary N) is 1. The number of nitrogens with zero attached hydrogens (tertiary/aromatic N) is 2. The molecule has 0 aliphatic carbocycles. The Morgan fingerprint density at radius 3 is 2.25 bits per heavy atom. The monoisotopic (exact) mass is 331 g/mol. The van der Waals surface area contributed by atoms with E-state index in [2.05, 4.69) is 17.3 Å². The number of halogens is 3. The van der Waals surface area contributed by atoms with Crippen LogP contribution in [-0.2, 0) is 20.1 Å². The fourth-order valence-electron chi connectivity index (χ4n) is 2.12. The normalized spacial score (nSPS) is 11.1. The Labute approximate surface area is 133 Å². The number of hydrogen-bond acceptors (Lipinski definition) is 2. The second kappa shape index (κ2) is 6.35. The van der Waals surface area contributed by atoms with E-state index in [-0.39, 0.29) is 0 Å². The van der Waals surface area contributed by atoms with Crippen molar-refractivity contribution in [2.24, 2.45) is 7.05 Å². The van der Waals surface area contributed by atoms with Crippen LogP contribution in [0.15, 0.2) is 12.1 Å². The van der Waals surface area contributed by atoms with Crippen molar-refractivity contribution in [2.45, 2.75) is 26.9 Å². The molecule has 0 atom stereocenters. The van der Waals surface area contributed by atoms with Gasteiger partial charge < -0.3 is 5.32 Å². The fourth-order valence-corrected chi connectivity index (χ4v) is 2.80. The molecule has 0 radical (unpaired) electrons. The number of aromatic nitrogens is 2. The summed E-state index contributed by atoms with van der Waals surface area (Å²) in [6, 6.07) is 3.46. The van der Waals surface area contributed by atoms with E-state index in [0.29, 0.717) is 28.2 Å². The Hall–Kier alpha value is -0.740. The second-order valence-electron chi connectivity index (χ2n) is 4.70. The summed E-state index contributed by atoms with van der Waals surface area (Å²) in [7, 11) is 1.94. The maximum atomic E-state index is 6.17. The van der Waals surface area contributed by atoms with Crippen LogP contribution < -0.4 is 5.32 Å². The van der Waals surface area contributed by atoms with Gasteiger partial charge in [0, 0.05) is 42.0 Å². The Balaban J connectivity index is 2.09. The van der Waals surface area contributed by atoms with Gasteiger partial charge in [0.1, 0.15) is 0 Å². The summed E-state index contributed by atoms with van der Waals surface area (Å²) in [5, 5.41) is 9.37. The summed E-state index contributed by atoms with van der Waals surface area (Å²) >= 11 is 18.3. The molecule has 0 bridgehead atoms. The average Bonchev–Trinajstić information content (AvgIpc) is 2.64. The van der Waals surface area contributed by atoms with Crippen LogP contribution in [0.1, 0.15) is 22.5 Å². The molecule has 0 amide bonds. The average molecular weight is 333 g/mol. The highest BCUT2D eigenvalue weighted by Crippen LogP contribution is 2.31. The first-order valence-electron chi connectivity index (χ1n) is 6.24. The summed E-state index contributed by atoms with van der Waals surface area (Å²) in [6.45, 7) is 5.33. The van der Waals surface area contributed by atoms with Crippen LogP contribution in [0.25, 0.3) is 0 Å². The van der Waals surface area contributed by atoms with Crippen molar-refractivity contribution in [1.82, 2.24) is 15.1 Å². The summed E-state index contributed by atoms with van der Waals surface area (Å²) in [4.78, 5) is 0. The smallest absolute Gasteiger partial charge is 0.0652 e. The largest absolute Gasteiger partial charge is 0.308 e. The molecule has 0 saturated heterocycles. The number of rotatable bonds is 4. The lowest BCUT2D eigenvalue weighted by Gasteiger charge is -2.10. The Morgan fingerprint density at radius 2 is 1.65 bits per heavy atom. The molecule has 0 aliphatic rings. The Kier molecular flexibility index (Phi) is 4.97. The van der Waals surface area contributed by atoms with Gasteiger partial charge in [-0.05, 0) is 26.0 Å². The maximum Gasteiger partial charge on any atom is 0.0652 e. The molecular weight excluding hydrogens is 317 g/mol. The number of aryl methyl sites for hydroxylation is 2. The molecule has 1 aromatic heterocycles. The van der Waals surface area contributed by atoms with Crippen LogP contribution in [0.5, 0.6) is 0 Å². The standard InChI is InChI=1S/C14H16Cl3N3/c1-8-10(9(2)20(3)19-8)6-18-7-11-12(15)4-5-13(16)14(11)17/h4-5,18H,6-7H2,1-3H3. The third-order valence-corrected chi connectivity index (χ3v) is 4.60. The second-order valence-corrected chi connectivity index (χ2v) is 5.89. The molecule has 6 heteroatoms. The van der Waals surface area contributed by atoms with Gasteiger partial charge in [-0.15, -0.1) is 0 Å². The minimum atomic E-state index is 0.506. The van der Waals surface area contributed by atoms with Crippen LogP contribution in [0.3, 0.4) is 0 Å². The molecule has 0 saturated carbocycles. The lowest BCUT2D eigenvalue weighted by Crippen LogP contribution is -2.14. The fraction of sp³-hybridized carbons (Fsp3) is 0.357. The van der Waals surface area contributed by atoms with Gasteiger partial charge in [0.15, 0.2) is 0 Å². The van der Waals surface area contributed by atoms with Crippen molar-refractivity contribution in [3.05, 3.63) is 49.7 Å². The molecule has 1 N–H and O–H groups in total. The van der Waals surface area contributed by atoms with E-state index < -0.39 is 0 Å². The van der Waals surface area contributed by atoms with Gasteiger partial charge in [0.05, 0.1) is 15.7 Å². The van der Waals surface area contributed by atoms with E-state index in [1.807, 2.05) is 18.7 Å². The van der Waals surface area contributed by atoms with E-state index >= 15 is 0 Å². The molecule has 2 aromatic rings. The quantitative estimate of drug-likeness (QED) is 0.847. The zero-order chi connectivity index (χ0) is 14.9. The summed E-state index contributed by atoms with van der Waals surface area (Å²) in [5.74, 6) is 0. The van der Waals surface area contributed by atoms with Crippen molar-refractivity contribution in [2.75, 3.05) is 0 Å². The van der Waals surface area contributed by atoms with Crippen molar-refractivity contribution < 1.29 is 0 Å². The van der Waals surface area contributed by atoms with Crippen molar-refractivity contribution in [3.8, 4) is 0 Å². The van der Waals surface area contributed by atoms with Crippen LogP contribution in [0.4, 0.5) is 0 Å². The lowest BCUT2D eigenvalue weighted by atomic mass is 10.2. The first-order valence-corrected chi connectivity index (χ1v) is 7.37. The number of benzene rings is 1. The van der Waals surface area contributed by atoms with Gasteiger partial charge in [-0.3, -0.25) is 4.68 Å². The van der Waals surface area contributed by atoms with Gasteiger partial charge in [0.2, 0.25) is 0 Å². The van der Waals surface area contributed by atoms with Gasteiger partial charge in [0.25, 0.3) is 0 Å². The molecule has 0 spiro atoms. The van der Waals surface area contributed by atoms with E-state index in [4.69, 9.17) is 34.8 Å². The van der Waals surface area contributed by atoms with Gasteiger partial charge >= 0.3 is 0 Å². The molecule has 108 valence electrons. The van der Waals surface area contributed by atoms with E-state index in [0.717, 1.165) is 17.0 Å². The summed E-state index contributed by atoms with van der Waals surface area (Å²) in [5.41, 5.74) is 4.20. The van der Waals surface area contributed by atoms with E-state index in [1.165, 1.54) is 5.56 Å². The van der Waals surface area contributed by atoms with Crippen LogP contribution in [-0.4, -0.2) is 9.78 Å². The zero-order valence-corrected chi connectivity index (χ0v) is 13.9.